The van der Waals surface area contributed by atoms with Gasteiger partial charge < -0.3 is 35.7 Å². The van der Waals surface area contributed by atoms with Gasteiger partial charge in [0, 0.05) is 64.8 Å². The highest BCUT2D eigenvalue weighted by molar-refractivity contribution is 6.17. The molecule has 0 unspecified atom stereocenters. The molecule has 1 amide bonds. The SMILES string of the molecule is Nc1ccc2c(c1)Oc1cc(N)ccc1C21OC(=O)c2cc(C(=O)NCCOCCOCCCCCCCl)ccc21. The fourth-order valence-corrected chi connectivity index (χ4v) is 5.40. The molecule has 9 nitrogen and oxygen atoms in total. The van der Waals surface area contributed by atoms with E-state index in [1.165, 1.54) is 0 Å². The average molecular weight is 580 g/mol. The number of nitrogens with two attached hydrogens (primary N) is 2. The van der Waals surface area contributed by atoms with Crippen LogP contribution in [0.15, 0.2) is 54.6 Å². The maximum atomic E-state index is 13.3. The first-order chi connectivity index (χ1) is 19.9. The number of alkyl halides is 1. The molecule has 41 heavy (non-hydrogen) atoms. The van der Waals surface area contributed by atoms with Crippen molar-refractivity contribution >= 4 is 34.9 Å². The number of unbranched alkanes of at least 4 members (excludes halogenated alkanes) is 3. The fraction of sp³-hybridized carbons (Fsp3) is 0.355. The highest BCUT2D eigenvalue weighted by atomic mass is 35.5. The molecule has 5 N–H and O–H groups in total. The van der Waals surface area contributed by atoms with Gasteiger partial charge in [0.2, 0.25) is 0 Å². The second-order valence-electron chi connectivity index (χ2n) is 10.0. The Balaban J connectivity index is 1.23. The largest absolute Gasteiger partial charge is 0.456 e. The van der Waals surface area contributed by atoms with Gasteiger partial charge in [0.15, 0.2) is 5.60 Å². The molecule has 10 heteroatoms. The Labute approximate surface area is 244 Å². The minimum atomic E-state index is -1.26. The summed E-state index contributed by atoms with van der Waals surface area (Å²) in [6.07, 6.45) is 4.28. The lowest BCUT2D eigenvalue weighted by Crippen LogP contribution is -2.33. The Morgan fingerprint density at radius 3 is 2.12 bits per heavy atom. The zero-order valence-electron chi connectivity index (χ0n) is 22.7. The number of ether oxygens (including phenoxy) is 4. The van der Waals surface area contributed by atoms with Gasteiger partial charge in [-0.2, -0.15) is 0 Å². The number of esters is 1. The molecule has 2 aliphatic heterocycles. The number of carbonyl (C=O) groups is 2. The molecule has 0 saturated carbocycles. The summed E-state index contributed by atoms with van der Waals surface area (Å²) in [7, 11) is 0. The van der Waals surface area contributed by atoms with Crippen molar-refractivity contribution in [2.75, 3.05) is 50.3 Å². The van der Waals surface area contributed by atoms with E-state index in [0.717, 1.165) is 25.7 Å². The van der Waals surface area contributed by atoms with Crippen molar-refractivity contribution in [3.63, 3.8) is 0 Å². The molecular formula is C31H34ClN3O6. The summed E-state index contributed by atoms with van der Waals surface area (Å²) >= 11 is 5.67. The second kappa shape index (κ2) is 12.8. The molecule has 216 valence electrons. The van der Waals surface area contributed by atoms with Gasteiger partial charge in [0.1, 0.15) is 11.5 Å². The van der Waals surface area contributed by atoms with Crippen molar-refractivity contribution in [1.29, 1.82) is 0 Å². The number of carbonyl (C=O) groups excluding carboxylic acids is 2. The Kier molecular flexibility index (Phi) is 8.97. The molecule has 2 aliphatic rings. The van der Waals surface area contributed by atoms with Gasteiger partial charge in [-0.25, -0.2) is 4.79 Å². The van der Waals surface area contributed by atoms with Crippen molar-refractivity contribution < 1.29 is 28.5 Å². The van der Waals surface area contributed by atoms with Crippen LogP contribution in [0, 0.1) is 0 Å². The number of hydrogen-bond acceptors (Lipinski definition) is 8. The van der Waals surface area contributed by atoms with Gasteiger partial charge in [-0.15, -0.1) is 11.6 Å². The maximum absolute atomic E-state index is 13.3. The zero-order valence-corrected chi connectivity index (χ0v) is 23.5. The van der Waals surface area contributed by atoms with Crippen LogP contribution in [0.5, 0.6) is 11.5 Å². The maximum Gasteiger partial charge on any atom is 0.340 e. The predicted molar refractivity (Wildman–Crippen MR) is 157 cm³/mol. The Morgan fingerprint density at radius 1 is 0.805 bits per heavy atom. The molecule has 0 radical (unpaired) electrons. The molecule has 1 spiro atoms. The minimum absolute atomic E-state index is 0.307. The second-order valence-corrected chi connectivity index (χ2v) is 10.4. The first-order valence-electron chi connectivity index (χ1n) is 13.8. The third kappa shape index (κ3) is 5.98. The molecule has 3 aromatic rings. The molecule has 3 aromatic carbocycles. The lowest BCUT2D eigenvalue weighted by molar-refractivity contribution is 0.0224. The van der Waals surface area contributed by atoms with Crippen molar-refractivity contribution in [2.45, 2.75) is 31.3 Å². The zero-order chi connectivity index (χ0) is 28.8. The van der Waals surface area contributed by atoms with Crippen molar-refractivity contribution in [2.24, 2.45) is 0 Å². The van der Waals surface area contributed by atoms with Crippen LogP contribution in [-0.4, -0.2) is 50.7 Å². The monoisotopic (exact) mass is 579 g/mol. The van der Waals surface area contributed by atoms with E-state index in [1.807, 2.05) is 0 Å². The van der Waals surface area contributed by atoms with Crippen LogP contribution in [0.3, 0.4) is 0 Å². The summed E-state index contributed by atoms with van der Waals surface area (Å²) in [5.41, 5.74) is 14.3. The van der Waals surface area contributed by atoms with E-state index >= 15 is 0 Å². The highest BCUT2D eigenvalue weighted by Gasteiger charge is 2.53. The van der Waals surface area contributed by atoms with Gasteiger partial charge in [-0.05, 0) is 49.2 Å². The van der Waals surface area contributed by atoms with Crippen molar-refractivity contribution in [1.82, 2.24) is 5.32 Å². The van der Waals surface area contributed by atoms with E-state index in [9.17, 15) is 9.59 Å². The lowest BCUT2D eigenvalue weighted by Gasteiger charge is -2.36. The molecule has 0 fully saturated rings. The van der Waals surface area contributed by atoms with Crippen LogP contribution in [-0.2, 0) is 19.8 Å². The van der Waals surface area contributed by atoms with Gasteiger partial charge in [0.25, 0.3) is 5.91 Å². The van der Waals surface area contributed by atoms with E-state index in [-0.39, 0.29) is 5.91 Å². The molecule has 0 atom stereocenters. The first kappa shape index (κ1) is 28.7. The summed E-state index contributed by atoms with van der Waals surface area (Å²) in [4.78, 5) is 26.1. The third-order valence-electron chi connectivity index (χ3n) is 7.19. The van der Waals surface area contributed by atoms with Gasteiger partial charge in [0.05, 0.1) is 25.4 Å². The Morgan fingerprint density at radius 2 is 1.44 bits per heavy atom. The molecule has 0 saturated heterocycles. The predicted octanol–water partition coefficient (Wildman–Crippen LogP) is 4.98. The van der Waals surface area contributed by atoms with Crippen LogP contribution in [0.2, 0.25) is 0 Å². The number of rotatable bonds is 13. The number of fused-ring (bicyclic) bond motifs is 6. The normalized spacial score (nSPS) is 14.1. The third-order valence-corrected chi connectivity index (χ3v) is 7.46. The molecule has 5 rings (SSSR count). The standard InChI is InChI=1S/C31H34ClN3O6/c32-11-3-1-2-4-13-38-15-16-39-14-12-35-29(36)20-5-8-24-23(17-20)30(37)41-31(24)25-9-6-21(33)18-27(25)40-28-19-22(34)7-10-26(28)31/h5-10,17-19H,1-4,11-16,33-34H2,(H,35,36). The highest BCUT2D eigenvalue weighted by Crippen LogP contribution is 2.56. The van der Waals surface area contributed by atoms with E-state index in [4.69, 9.17) is 42.0 Å². The van der Waals surface area contributed by atoms with Gasteiger partial charge >= 0.3 is 5.97 Å². The van der Waals surface area contributed by atoms with Crippen LogP contribution in [0.25, 0.3) is 0 Å². The van der Waals surface area contributed by atoms with Gasteiger partial charge in [-0.3, -0.25) is 4.79 Å². The number of anilines is 2. The number of halogens is 1. The Bertz CT molecular complexity index is 1380. The molecule has 0 bridgehead atoms. The van der Waals surface area contributed by atoms with Crippen LogP contribution in [0.1, 0.15) is 63.1 Å². The molecule has 2 heterocycles. The molecule has 0 aliphatic carbocycles. The Hall–Kier alpha value is -3.79. The summed E-state index contributed by atoms with van der Waals surface area (Å²) in [6.45, 7) is 2.34. The minimum Gasteiger partial charge on any atom is -0.456 e. The number of benzene rings is 3. The lowest BCUT2D eigenvalue weighted by atomic mass is 9.77. The van der Waals surface area contributed by atoms with Crippen LogP contribution >= 0.6 is 11.6 Å². The summed E-state index contributed by atoms with van der Waals surface area (Å²) in [5, 5.41) is 2.84. The topological polar surface area (TPSA) is 135 Å². The number of nitrogen functional groups attached to an aromatic ring is 2. The van der Waals surface area contributed by atoms with Gasteiger partial charge in [-0.1, -0.05) is 18.9 Å². The molecule has 0 aromatic heterocycles. The van der Waals surface area contributed by atoms with E-state index < -0.39 is 11.6 Å². The number of hydrogen-bond donors (Lipinski definition) is 3. The van der Waals surface area contributed by atoms with Crippen LogP contribution < -0.4 is 21.5 Å². The van der Waals surface area contributed by atoms with E-state index in [2.05, 4.69) is 5.32 Å². The first-order valence-corrected chi connectivity index (χ1v) is 14.3. The molecular weight excluding hydrogens is 546 g/mol. The number of nitrogens with one attached hydrogen (secondary N) is 1. The number of amides is 1. The summed E-state index contributed by atoms with van der Waals surface area (Å²) in [6, 6.07) is 15.4. The van der Waals surface area contributed by atoms with Crippen molar-refractivity contribution in [3.05, 3.63) is 82.4 Å². The summed E-state index contributed by atoms with van der Waals surface area (Å²) in [5.74, 6) is 0.796. The van der Waals surface area contributed by atoms with E-state index in [1.54, 1.807) is 54.6 Å². The smallest absolute Gasteiger partial charge is 0.340 e. The van der Waals surface area contributed by atoms with E-state index in [0.29, 0.717) is 89.5 Å². The summed E-state index contributed by atoms with van der Waals surface area (Å²) < 4.78 is 23.4. The van der Waals surface area contributed by atoms with Crippen LogP contribution in [0.4, 0.5) is 11.4 Å². The average Bonchev–Trinajstić information content (AvgIpc) is 3.25. The quantitative estimate of drug-likeness (QED) is 0.112. The fourth-order valence-electron chi connectivity index (χ4n) is 5.22. The van der Waals surface area contributed by atoms with Crippen molar-refractivity contribution in [3.8, 4) is 11.5 Å².